The predicted molar refractivity (Wildman–Crippen MR) is 143 cm³/mol. The molecule has 0 bridgehead atoms. The molecule has 0 fully saturated rings. The number of carbonyl (C=O) groups excluding carboxylic acids is 1. The lowest BCUT2D eigenvalue weighted by Gasteiger charge is -2.22. The molecule has 3 aromatic carbocycles. The number of fused-ring (bicyclic) bond motifs is 2. The van der Waals surface area contributed by atoms with Gasteiger partial charge in [-0.25, -0.2) is 9.78 Å². The number of allylic oxidation sites excluding steroid dienone is 1. The van der Waals surface area contributed by atoms with Crippen LogP contribution in [0.1, 0.15) is 40.0 Å². The fourth-order valence-electron chi connectivity index (χ4n) is 4.53. The minimum atomic E-state index is -0.363. The zero-order valence-electron chi connectivity index (χ0n) is 20.0. The highest BCUT2D eigenvalue weighted by molar-refractivity contribution is 6.32. The van der Waals surface area contributed by atoms with E-state index >= 15 is 0 Å². The van der Waals surface area contributed by atoms with Crippen molar-refractivity contribution in [2.24, 2.45) is 0 Å². The minimum absolute atomic E-state index is 0.115. The fourth-order valence-corrected chi connectivity index (χ4v) is 4.72. The maximum Gasteiger partial charge on any atom is 0.339 e. The van der Waals surface area contributed by atoms with Crippen LogP contribution >= 0.6 is 11.6 Å². The Bertz CT molecular complexity index is 1430. The van der Waals surface area contributed by atoms with Crippen LogP contribution < -0.4 is 9.47 Å². The summed E-state index contributed by atoms with van der Waals surface area (Å²) in [5.41, 5.74) is 5.36. The first kappa shape index (κ1) is 23.9. The largest absolute Gasteiger partial charge is 0.497 e. The van der Waals surface area contributed by atoms with E-state index in [2.05, 4.69) is 6.08 Å². The quantitative estimate of drug-likeness (QED) is 0.202. The van der Waals surface area contributed by atoms with Crippen LogP contribution in [0.5, 0.6) is 11.5 Å². The second-order valence-corrected chi connectivity index (χ2v) is 8.95. The van der Waals surface area contributed by atoms with E-state index in [0.29, 0.717) is 16.3 Å². The number of benzene rings is 3. The fraction of sp³-hybridized carbons (Fsp3) is 0.200. The standard InChI is InChI=1S/C30H26ClNO4/c1-34-22-15-13-20(14-16-22)19-21-7-6-9-24-28(23-8-2-4-11-26(23)32-29(21)24)30(33)36-18-17-35-27-12-5-3-10-25(27)31/h2-5,8,10-16,19H,6-7,9,17-18H2,1H3. The number of aromatic nitrogens is 1. The van der Waals surface area contributed by atoms with Crippen molar-refractivity contribution in [2.75, 3.05) is 20.3 Å². The number of para-hydroxylation sites is 2. The number of methoxy groups -OCH3 is 1. The van der Waals surface area contributed by atoms with Crippen molar-refractivity contribution in [2.45, 2.75) is 19.3 Å². The van der Waals surface area contributed by atoms with Gasteiger partial charge in [0.1, 0.15) is 24.7 Å². The second kappa shape index (κ2) is 10.8. The molecule has 0 amide bonds. The van der Waals surface area contributed by atoms with E-state index in [9.17, 15) is 4.79 Å². The average Bonchev–Trinajstić information content (AvgIpc) is 2.91. The highest BCUT2D eigenvalue weighted by Gasteiger charge is 2.26. The van der Waals surface area contributed by atoms with E-state index in [1.165, 1.54) is 0 Å². The van der Waals surface area contributed by atoms with Crippen molar-refractivity contribution in [3.63, 3.8) is 0 Å². The van der Waals surface area contributed by atoms with Crippen LogP contribution in [0.4, 0.5) is 0 Å². The smallest absolute Gasteiger partial charge is 0.339 e. The van der Waals surface area contributed by atoms with E-state index in [-0.39, 0.29) is 19.2 Å². The predicted octanol–water partition coefficient (Wildman–Crippen LogP) is 7.01. The normalized spacial score (nSPS) is 13.9. The number of hydrogen-bond donors (Lipinski definition) is 0. The van der Waals surface area contributed by atoms with Crippen LogP contribution in [0.3, 0.4) is 0 Å². The molecule has 0 unspecified atom stereocenters. The number of pyridine rings is 1. The summed E-state index contributed by atoms with van der Waals surface area (Å²) in [7, 11) is 1.66. The average molecular weight is 500 g/mol. The molecule has 1 heterocycles. The first-order chi connectivity index (χ1) is 17.6. The Morgan fingerprint density at radius 1 is 0.972 bits per heavy atom. The SMILES string of the molecule is COc1ccc(C=C2CCCc3c2nc2ccccc2c3C(=O)OCCOc2ccccc2Cl)cc1. The first-order valence-corrected chi connectivity index (χ1v) is 12.3. The van der Waals surface area contributed by atoms with Crippen LogP contribution in [0.15, 0.2) is 72.8 Å². The lowest BCUT2D eigenvalue weighted by Crippen LogP contribution is -2.17. The van der Waals surface area contributed by atoms with E-state index < -0.39 is 0 Å². The Labute approximate surface area is 215 Å². The molecule has 1 aliphatic carbocycles. The van der Waals surface area contributed by atoms with Crippen LogP contribution in [-0.2, 0) is 11.2 Å². The lowest BCUT2D eigenvalue weighted by molar-refractivity contribution is 0.0451. The molecule has 0 saturated carbocycles. The van der Waals surface area contributed by atoms with Gasteiger partial charge in [0.25, 0.3) is 0 Å². The van der Waals surface area contributed by atoms with E-state index in [1.807, 2.05) is 60.7 Å². The van der Waals surface area contributed by atoms with Gasteiger partial charge in [-0.15, -0.1) is 0 Å². The molecule has 0 spiro atoms. The molecule has 5 nitrogen and oxygen atoms in total. The zero-order valence-corrected chi connectivity index (χ0v) is 20.8. The number of nitrogens with zero attached hydrogens (tertiary/aromatic N) is 1. The van der Waals surface area contributed by atoms with Crippen LogP contribution in [-0.4, -0.2) is 31.3 Å². The number of ether oxygens (including phenoxy) is 3. The summed E-state index contributed by atoms with van der Waals surface area (Å²) >= 11 is 6.14. The molecule has 0 saturated heterocycles. The van der Waals surface area contributed by atoms with Crippen LogP contribution in [0.25, 0.3) is 22.6 Å². The summed E-state index contributed by atoms with van der Waals surface area (Å²) in [6, 6.07) is 22.9. The van der Waals surface area contributed by atoms with Gasteiger partial charge in [0.15, 0.2) is 0 Å². The van der Waals surface area contributed by atoms with Crippen LogP contribution in [0.2, 0.25) is 5.02 Å². The summed E-state index contributed by atoms with van der Waals surface area (Å²) in [4.78, 5) is 18.4. The van der Waals surface area contributed by atoms with Gasteiger partial charge in [0, 0.05) is 5.39 Å². The van der Waals surface area contributed by atoms with Crippen molar-refractivity contribution in [1.29, 1.82) is 0 Å². The van der Waals surface area contributed by atoms with Gasteiger partial charge in [0.2, 0.25) is 0 Å². The van der Waals surface area contributed by atoms with E-state index in [1.54, 1.807) is 19.2 Å². The Morgan fingerprint density at radius 3 is 2.56 bits per heavy atom. The molecule has 36 heavy (non-hydrogen) atoms. The van der Waals surface area contributed by atoms with Crippen molar-refractivity contribution < 1.29 is 19.0 Å². The van der Waals surface area contributed by atoms with Crippen molar-refractivity contribution in [1.82, 2.24) is 4.98 Å². The lowest BCUT2D eigenvalue weighted by atomic mass is 9.86. The van der Waals surface area contributed by atoms with Gasteiger partial charge < -0.3 is 14.2 Å². The Balaban J connectivity index is 1.43. The summed E-state index contributed by atoms with van der Waals surface area (Å²) in [5, 5.41) is 1.33. The molecule has 5 rings (SSSR count). The van der Waals surface area contributed by atoms with Crippen molar-refractivity contribution >= 4 is 40.1 Å². The summed E-state index contributed by atoms with van der Waals surface area (Å²) in [5.74, 6) is 1.02. The maximum atomic E-state index is 13.4. The maximum absolute atomic E-state index is 13.4. The number of carbonyl (C=O) groups is 1. The van der Waals surface area contributed by atoms with E-state index in [0.717, 1.165) is 58.3 Å². The molecule has 0 radical (unpaired) electrons. The van der Waals surface area contributed by atoms with Gasteiger partial charge in [-0.2, -0.15) is 0 Å². The molecule has 182 valence electrons. The monoisotopic (exact) mass is 499 g/mol. The number of rotatable bonds is 7. The van der Waals surface area contributed by atoms with Gasteiger partial charge >= 0.3 is 5.97 Å². The summed E-state index contributed by atoms with van der Waals surface area (Å²) in [6.45, 7) is 0.327. The second-order valence-electron chi connectivity index (χ2n) is 8.54. The molecule has 0 aliphatic heterocycles. The molecule has 0 atom stereocenters. The molecule has 4 aromatic rings. The van der Waals surface area contributed by atoms with Crippen molar-refractivity contribution in [3.05, 3.63) is 100 Å². The first-order valence-electron chi connectivity index (χ1n) is 11.9. The molecule has 0 N–H and O–H groups in total. The minimum Gasteiger partial charge on any atom is -0.497 e. The number of esters is 1. The third-order valence-electron chi connectivity index (χ3n) is 6.24. The Hall–Kier alpha value is -3.83. The van der Waals surface area contributed by atoms with Crippen molar-refractivity contribution in [3.8, 4) is 11.5 Å². The third-order valence-corrected chi connectivity index (χ3v) is 6.55. The third kappa shape index (κ3) is 5.07. The van der Waals surface area contributed by atoms with Gasteiger partial charge in [-0.05, 0) is 72.4 Å². The van der Waals surface area contributed by atoms with E-state index in [4.69, 9.17) is 30.8 Å². The highest BCUT2D eigenvalue weighted by Crippen LogP contribution is 2.36. The molecular weight excluding hydrogens is 474 g/mol. The molecule has 1 aromatic heterocycles. The van der Waals surface area contributed by atoms with Gasteiger partial charge in [-0.3, -0.25) is 0 Å². The summed E-state index contributed by atoms with van der Waals surface area (Å²) < 4.78 is 16.6. The molecule has 1 aliphatic rings. The summed E-state index contributed by atoms with van der Waals surface area (Å²) in [6.07, 6.45) is 4.74. The zero-order chi connectivity index (χ0) is 24.9. The van der Waals surface area contributed by atoms with Crippen LogP contribution in [0, 0.1) is 0 Å². The van der Waals surface area contributed by atoms with Gasteiger partial charge in [0.05, 0.1) is 28.9 Å². The Morgan fingerprint density at radius 2 is 1.75 bits per heavy atom. The molecule has 6 heteroatoms. The number of halogens is 1. The van der Waals surface area contributed by atoms with Gasteiger partial charge in [-0.1, -0.05) is 54.1 Å². The number of hydrogen-bond acceptors (Lipinski definition) is 5. The molecular formula is C30H26ClNO4. The Kier molecular flexibility index (Phi) is 7.19. The highest BCUT2D eigenvalue weighted by atomic mass is 35.5. The topological polar surface area (TPSA) is 57.7 Å².